The van der Waals surface area contributed by atoms with Gasteiger partial charge in [-0.3, -0.25) is 0 Å². The average Bonchev–Trinajstić information content (AvgIpc) is 2.76. The average molecular weight is 270 g/mol. The molecule has 0 radical (unpaired) electrons. The van der Waals surface area contributed by atoms with Gasteiger partial charge in [0.2, 0.25) is 0 Å². The van der Waals surface area contributed by atoms with Crippen LogP contribution in [0.1, 0.15) is 30.1 Å². The van der Waals surface area contributed by atoms with Gasteiger partial charge >= 0.3 is 5.97 Å². The molecule has 1 aliphatic rings. The monoisotopic (exact) mass is 270 g/mol. The molecule has 1 atom stereocenters. The highest BCUT2D eigenvalue weighted by atomic mass is 32.2. The first kappa shape index (κ1) is 13.0. The van der Waals surface area contributed by atoms with Crippen molar-refractivity contribution in [1.82, 2.24) is 9.29 Å². The van der Waals surface area contributed by atoms with Crippen LogP contribution in [-0.2, 0) is 10.0 Å². The Bertz CT molecular complexity index is 553. The number of nitrogens with zero attached hydrogens (tertiary/aromatic N) is 2. The van der Waals surface area contributed by atoms with Crippen molar-refractivity contribution in [3.8, 4) is 0 Å². The quantitative estimate of drug-likeness (QED) is 0.883. The second-order valence-corrected chi connectivity index (χ2v) is 6.13. The third-order valence-corrected chi connectivity index (χ3v) is 4.98. The first-order chi connectivity index (χ1) is 8.43. The summed E-state index contributed by atoms with van der Waals surface area (Å²) in [7, 11) is -3.60. The molecule has 0 aromatic carbocycles. The number of carboxylic acids is 1. The predicted molar refractivity (Wildman–Crippen MR) is 63.8 cm³/mol. The molecule has 6 nitrogen and oxygen atoms in total. The number of hydrogen-bond acceptors (Lipinski definition) is 4. The van der Waals surface area contributed by atoms with E-state index < -0.39 is 16.0 Å². The Labute approximate surface area is 105 Å². The summed E-state index contributed by atoms with van der Waals surface area (Å²) in [6, 6.07) is 2.46. The maximum Gasteiger partial charge on any atom is 0.337 e. The van der Waals surface area contributed by atoms with E-state index in [2.05, 4.69) is 4.98 Å². The summed E-state index contributed by atoms with van der Waals surface area (Å²) in [6.45, 7) is 2.35. The molecule has 0 saturated carbocycles. The lowest BCUT2D eigenvalue weighted by atomic mass is 10.3. The third kappa shape index (κ3) is 2.23. The second kappa shape index (κ2) is 4.66. The lowest BCUT2D eigenvalue weighted by Crippen LogP contribution is -2.34. The van der Waals surface area contributed by atoms with E-state index in [4.69, 9.17) is 5.11 Å². The fourth-order valence-electron chi connectivity index (χ4n) is 2.04. The van der Waals surface area contributed by atoms with E-state index in [1.54, 1.807) is 0 Å². The molecular weight excluding hydrogens is 256 g/mol. The number of pyridine rings is 1. The van der Waals surface area contributed by atoms with E-state index in [-0.39, 0.29) is 16.6 Å². The van der Waals surface area contributed by atoms with Crippen LogP contribution in [0, 0.1) is 0 Å². The first-order valence-electron chi connectivity index (χ1n) is 5.64. The van der Waals surface area contributed by atoms with Crippen molar-refractivity contribution in [2.75, 3.05) is 6.54 Å². The van der Waals surface area contributed by atoms with E-state index >= 15 is 0 Å². The molecule has 98 valence electrons. The number of sulfonamides is 1. The lowest BCUT2D eigenvalue weighted by Gasteiger charge is -2.20. The van der Waals surface area contributed by atoms with E-state index in [9.17, 15) is 13.2 Å². The largest absolute Gasteiger partial charge is 0.478 e. The Kier molecular flexibility index (Phi) is 3.36. The second-order valence-electron chi connectivity index (χ2n) is 4.30. The first-order valence-corrected chi connectivity index (χ1v) is 7.08. The van der Waals surface area contributed by atoms with Gasteiger partial charge in [-0.2, -0.15) is 4.31 Å². The SMILES string of the molecule is CC1CCCN1S(=O)(=O)c1ccc(C(=O)O)cn1. The van der Waals surface area contributed by atoms with Crippen molar-refractivity contribution in [3.63, 3.8) is 0 Å². The molecule has 2 rings (SSSR count). The molecule has 0 amide bonds. The minimum absolute atomic E-state index is 0.0246. The number of aromatic carboxylic acids is 1. The standard InChI is InChI=1S/C11H14N2O4S/c1-8-3-2-6-13(8)18(16,17)10-5-4-9(7-12-10)11(14)15/h4-5,7-8H,2-3,6H2,1H3,(H,14,15). The highest BCUT2D eigenvalue weighted by Crippen LogP contribution is 2.24. The van der Waals surface area contributed by atoms with Crippen LogP contribution in [-0.4, -0.2) is 41.4 Å². The van der Waals surface area contributed by atoms with Crippen molar-refractivity contribution in [1.29, 1.82) is 0 Å². The highest BCUT2D eigenvalue weighted by Gasteiger charge is 2.33. The topological polar surface area (TPSA) is 87.6 Å². The zero-order valence-corrected chi connectivity index (χ0v) is 10.7. The molecular formula is C11H14N2O4S. The van der Waals surface area contributed by atoms with Crippen LogP contribution in [0.25, 0.3) is 0 Å². The van der Waals surface area contributed by atoms with Gasteiger partial charge in [0.1, 0.15) is 0 Å². The van der Waals surface area contributed by atoms with Crippen molar-refractivity contribution < 1.29 is 18.3 Å². The van der Waals surface area contributed by atoms with Gasteiger partial charge in [-0.1, -0.05) is 0 Å². The molecule has 18 heavy (non-hydrogen) atoms. The number of carboxylic acid groups (broad SMARTS) is 1. The normalized spacial score (nSPS) is 21.1. The van der Waals surface area contributed by atoms with E-state index in [0.29, 0.717) is 6.54 Å². The minimum Gasteiger partial charge on any atom is -0.478 e. The van der Waals surface area contributed by atoms with Crippen molar-refractivity contribution in [2.45, 2.75) is 30.8 Å². The van der Waals surface area contributed by atoms with Gasteiger partial charge in [-0.05, 0) is 31.9 Å². The van der Waals surface area contributed by atoms with Crippen LogP contribution in [0.2, 0.25) is 0 Å². The summed E-state index contributed by atoms with van der Waals surface area (Å²) in [6.07, 6.45) is 2.75. The minimum atomic E-state index is -3.60. The summed E-state index contributed by atoms with van der Waals surface area (Å²) in [5.74, 6) is -1.12. The molecule has 1 aliphatic heterocycles. The predicted octanol–water partition coefficient (Wildman–Crippen LogP) is 0.953. The zero-order valence-electron chi connectivity index (χ0n) is 9.91. The van der Waals surface area contributed by atoms with Gasteiger partial charge in [-0.25, -0.2) is 18.2 Å². The molecule has 1 saturated heterocycles. The molecule has 1 aromatic rings. The van der Waals surface area contributed by atoms with Gasteiger partial charge in [0.15, 0.2) is 5.03 Å². The van der Waals surface area contributed by atoms with Crippen LogP contribution < -0.4 is 0 Å². The number of hydrogen-bond donors (Lipinski definition) is 1. The summed E-state index contributed by atoms with van der Waals surface area (Å²) in [5, 5.41) is 8.64. The number of aromatic nitrogens is 1. The van der Waals surface area contributed by atoms with E-state index in [0.717, 1.165) is 19.0 Å². The van der Waals surface area contributed by atoms with Gasteiger partial charge in [0.25, 0.3) is 10.0 Å². The van der Waals surface area contributed by atoms with Crippen LogP contribution in [0.4, 0.5) is 0 Å². The summed E-state index contributed by atoms with van der Waals surface area (Å²) >= 11 is 0. The van der Waals surface area contributed by atoms with Crippen LogP contribution in [0.15, 0.2) is 23.4 Å². The summed E-state index contributed by atoms with van der Waals surface area (Å²) < 4.78 is 25.9. The van der Waals surface area contributed by atoms with E-state index in [1.807, 2.05) is 6.92 Å². The van der Waals surface area contributed by atoms with Crippen LogP contribution in [0.3, 0.4) is 0 Å². The maximum absolute atomic E-state index is 12.2. The van der Waals surface area contributed by atoms with E-state index in [1.165, 1.54) is 16.4 Å². The Morgan fingerprint density at radius 2 is 2.22 bits per heavy atom. The summed E-state index contributed by atoms with van der Waals surface area (Å²) in [5.41, 5.74) is -0.0246. The molecule has 0 bridgehead atoms. The number of rotatable bonds is 3. The molecule has 1 N–H and O–H groups in total. The smallest absolute Gasteiger partial charge is 0.337 e. The van der Waals surface area contributed by atoms with Gasteiger partial charge < -0.3 is 5.11 Å². The molecule has 0 aliphatic carbocycles. The maximum atomic E-state index is 12.2. The molecule has 2 heterocycles. The molecule has 1 unspecified atom stereocenters. The molecule has 7 heteroatoms. The lowest BCUT2D eigenvalue weighted by molar-refractivity contribution is 0.0696. The summed E-state index contributed by atoms with van der Waals surface area (Å²) in [4.78, 5) is 14.4. The van der Waals surface area contributed by atoms with Gasteiger partial charge in [0, 0.05) is 18.8 Å². The molecule has 1 aromatic heterocycles. The fraction of sp³-hybridized carbons (Fsp3) is 0.455. The third-order valence-electron chi connectivity index (χ3n) is 3.05. The van der Waals surface area contributed by atoms with Gasteiger partial charge in [-0.15, -0.1) is 0 Å². The van der Waals surface area contributed by atoms with Crippen molar-refractivity contribution in [3.05, 3.63) is 23.9 Å². The van der Waals surface area contributed by atoms with Gasteiger partial charge in [0.05, 0.1) is 5.56 Å². The Morgan fingerprint density at radius 3 is 2.67 bits per heavy atom. The molecule has 0 spiro atoms. The van der Waals surface area contributed by atoms with Crippen LogP contribution >= 0.6 is 0 Å². The van der Waals surface area contributed by atoms with Crippen molar-refractivity contribution >= 4 is 16.0 Å². The molecule has 1 fully saturated rings. The fourth-order valence-corrected chi connectivity index (χ4v) is 3.66. The zero-order chi connectivity index (χ0) is 13.3. The highest BCUT2D eigenvalue weighted by molar-refractivity contribution is 7.89. The Hall–Kier alpha value is -1.47. The van der Waals surface area contributed by atoms with Crippen molar-refractivity contribution in [2.24, 2.45) is 0 Å². The number of carbonyl (C=O) groups is 1. The van der Waals surface area contributed by atoms with Crippen LogP contribution in [0.5, 0.6) is 0 Å². The Balaban J connectivity index is 2.33. The Morgan fingerprint density at radius 1 is 1.50 bits per heavy atom.